The van der Waals surface area contributed by atoms with Crippen LogP contribution in [0.15, 0.2) is 36.4 Å². The molecule has 0 aliphatic rings. The van der Waals surface area contributed by atoms with Crippen molar-refractivity contribution in [3.8, 4) is 5.75 Å². The Labute approximate surface area is 109 Å². The molecular weight excluding hydrogens is 224 g/mol. The van der Waals surface area contributed by atoms with Crippen LogP contribution in [0.1, 0.15) is 26.3 Å². The Balaban J connectivity index is 2.44. The fraction of sp³-hybridized carbons (Fsp3) is 0.375. The second-order valence-corrected chi connectivity index (χ2v) is 4.87. The minimum Gasteiger partial charge on any atom is -0.494 e. The molecular formula is C16H20O2. The van der Waals surface area contributed by atoms with Crippen molar-refractivity contribution in [1.29, 1.82) is 0 Å². The number of methoxy groups -OCH3 is 1. The predicted octanol–water partition coefficient (Wildman–Crippen LogP) is 4.12. The van der Waals surface area contributed by atoms with E-state index in [9.17, 15) is 0 Å². The van der Waals surface area contributed by atoms with E-state index >= 15 is 0 Å². The molecule has 96 valence electrons. The first-order valence-electron chi connectivity index (χ1n) is 6.29. The predicted molar refractivity (Wildman–Crippen MR) is 75.2 cm³/mol. The third kappa shape index (κ3) is 2.49. The summed E-state index contributed by atoms with van der Waals surface area (Å²) < 4.78 is 11.0. The van der Waals surface area contributed by atoms with Gasteiger partial charge in [-0.2, -0.15) is 0 Å². The van der Waals surface area contributed by atoms with Gasteiger partial charge in [0.15, 0.2) is 0 Å². The molecule has 2 aromatic rings. The van der Waals surface area contributed by atoms with Gasteiger partial charge in [0, 0.05) is 7.11 Å². The van der Waals surface area contributed by atoms with Crippen LogP contribution in [-0.4, -0.2) is 13.7 Å². The molecule has 0 amide bonds. The van der Waals surface area contributed by atoms with E-state index < -0.39 is 0 Å². The first-order valence-corrected chi connectivity index (χ1v) is 6.29. The second-order valence-electron chi connectivity index (χ2n) is 4.87. The number of rotatable bonds is 4. The minimum atomic E-state index is -0.257. The Bertz CT molecular complexity index is 544. The fourth-order valence-electron chi connectivity index (χ4n) is 1.97. The van der Waals surface area contributed by atoms with Crippen molar-refractivity contribution in [1.82, 2.24) is 0 Å². The van der Waals surface area contributed by atoms with Crippen molar-refractivity contribution < 1.29 is 9.47 Å². The molecule has 2 nitrogen and oxygen atoms in total. The van der Waals surface area contributed by atoms with E-state index in [4.69, 9.17) is 9.47 Å². The molecule has 0 saturated heterocycles. The van der Waals surface area contributed by atoms with Gasteiger partial charge < -0.3 is 9.47 Å². The minimum absolute atomic E-state index is 0.257. The highest BCUT2D eigenvalue weighted by Gasteiger charge is 2.19. The normalized spacial score (nSPS) is 11.8. The summed E-state index contributed by atoms with van der Waals surface area (Å²) >= 11 is 0. The lowest BCUT2D eigenvalue weighted by molar-refractivity contribution is 0.0193. The molecule has 18 heavy (non-hydrogen) atoms. The molecule has 0 fully saturated rings. The van der Waals surface area contributed by atoms with Crippen LogP contribution in [-0.2, 0) is 10.3 Å². The van der Waals surface area contributed by atoms with E-state index in [1.807, 2.05) is 13.0 Å². The number of hydrogen-bond acceptors (Lipinski definition) is 2. The smallest absolute Gasteiger partial charge is 0.119 e. The Morgan fingerprint density at radius 2 is 1.67 bits per heavy atom. The fourth-order valence-corrected chi connectivity index (χ4v) is 1.97. The van der Waals surface area contributed by atoms with Crippen molar-refractivity contribution in [2.75, 3.05) is 13.7 Å². The van der Waals surface area contributed by atoms with Gasteiger partial charge >= 0.3 is 0 Å². The summed E-state index contributed by atoms with van der Waals surface area (Å²) in [6, 6.07) is 12.6. The lowest BCUT2D eigenvalue weighted by Gasteiger charge is -2.23. The van der Waals surface area contributed by atoms with Crippen molar-refractivity contribution in [2.45, 2.75) is 26.4 Å². The maximum absolute atomic E-state index is 5.51. The third-order valence-electron chi connectivity index (χ3n) is 3.33. The van der Waals surface area contributed by atoms with E-state index in [1.165, 1.54) is 16.3 Å². The Kier molecular flexibility index (Phi) is 3.58. The molecule has 0 aliphatic carbocycles. The number of fused-ring (bicyclic) bond motifs is 1. The van der Waals surface area contributed by atoms with Gasteiger partial charge in [0.25, 0.3) is 0 Å². The Morgan fingerprint density at radius 3 is 2.33 bits per heavy atom. The van der Waals surface area contributed by atoms with Gasteiger partial charge in [-0.3, -0.25) is 0 Å². The zero-order chi connectivity index (χ0) is 13.2. The molecule has 2 rings (SSSR count). The average Bonchev–Trinajstić information content (AvgIpc) is 2.38. The van der Waals surface area contributed by atoms with Crippen molar-refractivity contribution in [3.05, 3.63) is 42.0 Å². The molecule has 0 heterocycles. The van der Waals surface area contributed by atoms with E-state index in [-0.39, 0.29) is 5.60 Å². The highest BCUT2D eigenvalue weighted by atomic mass is 16.5. The summed E-state index contributed by atoms with van der Waals surface area (Å²) in [6.45, 7) is 6.83. The summed E-state index contributed by atoms with van der Waals surface area (Å²) in [5.74, 6) is 0.920. The number of benzene rings is 2. The van der Waals surface area contributed by atoms with E-state index in [2.05, 4.69) is 44.2 Å². The van der Waals surface area contributed by atoms with Crippen LogP contribution < -0.4 is 4.74 Å². The topological polar surface area (TPSA) is 18.5 Å². The molecule has 2 aromatic carbocycles. The summed E-state index contributed by atoms with van der Waals surface area (Å²) in [5, 5.41) is 2.40. The van der Waals surface area contributed by atoms with Crippen LogP contribution in [0.3, 0.4) is 0 Å². The van der Waals surface area contributed by atoms with Gasteiger partial charge in [-0.1, -0.05) is 18.2 Å². The van der Waals surface area contributed by atoms with Gasteiger partial charge in [0.05, 0.1) is 12.2 Å². The van der Waals surface area contributed by atoms with Crippen molar-refractivity contribution in [2.24, 2.45) is 0 Å². The van der Waals surface area contributed by atoms with Gasteiger partial charge in [-0.15, -0.1) is 0 Å². The van der Waals surface area contributed by atoms with Crippen LogP contribution in [0.2, 0.25) is 0 Å². The van der Waals surface area contributed by atoms with Crippen molar-refractivity contribution in [3.63, 3.8) is 0 Å². The Hall–Kier alpha value is -1.54. The second kappa shape index (κ2) is 4.99. The first-order chi connectivity index (χ1) is 8.56. The monoisotopic (exact) mass is 244 g/mol. The van der Waals surface area contributed by atoms with Crippen LogP contribution in [0.4, 0.5) is 0 Å². The molecule has 2 heteroatoms. The molecule has 0 spiro atoms. The molecule has 0 aliphatic heterocycles. The maximum Gasteiger partial charge on any atom is 0.119 e. The average molecular weight is 244 g/mol. The van der Waals surface area contributed by atoms with E-state index in [1.54, 1.807) is 7.11 Å². The van der Waals surface area contributed by atoms with Gasteiger partial charge in [-0.25, -0.2) is 0 Å². The summed E-state index contributed by atoms with van der Waals surface area (Å²) in [4.78, 5) is 0. The molecule has 0 radical (unpaired) electrons. The molecule has 0 aromatic heterocycles. The lowest BCUT2D eigenvalue weighted by Crippen LogP contribution is -2.19. The van der Waals surface area contributed by atoms with Crippen LogP contribution in [0.5, 0.6) is 5.75 Å². The molecule has 0 bridgehead atoms. The lowest BCUT2D eigenvalue weighted by atomic mass is 9.95. The number of hydrogen-bond donors (Lipinski definition) is 0. The van der Waals surface area contributed by atoms with E-state index in [0.29, 0.717) is 6.61 Å². The maximum atomic E-state index is 5.51. The van der Waals surface area contributed by atoms with Crippen LogP contribution in [0, 0.1) is 0 Å². The first kappa shape index (κ1) is 12.9. The van der Waals surface area contributed by atoms with E-state index in [0.717, 1.165) is 5.75 Å². The molecule has 0 saturated carbocycles. The number of ether oxygens (including phenoxy) is 2. The highest BCUT2D eigenvalue weighted by molar-refractivity contribution is 5.84. The summed E-state index contributed by atoms with van der Waals surface area (Å²) in [6.07, 6.45) is 0. The summed E-state index contributed by atoms with van der Waals surface area (Å²) in [5.41, 5.74) is 0.925. The third-order valence-corrected chi connectivity index (χ3v) is 3.33. The molecule has 0 atom stereocenters. The zero-order valence-electron chi connectivity index (χ0n) is 11.5. The summed E-state index contributed by atoms with van der Waals surface area (Å²) in [7, 11) is 1.74. The van der Waals surface area contributed by atoms with Gasteiger partial charge in [-0.05, 0) is 55.3 Å². The van der Waals surface area contributed by atoms with Crippen molar-refractivity contribution >= 4 is 10.8 Å². The standard InChI is InChI=1S/C16H20O2/c1-5-18-15-9-7-12-10-14(16(2,3)17-4)8-6-13(12)11-15/h6-11H,5H2,1-4H3. The van der Waals surface area contributed by atoms with Crippen LogP contribution in [0.25, 0.3) is 10.8 Å². The SMILES string of the molecule is CCOc1ccc2cc(C(C)(C)OC)ccc2c1. The van der Waals surface area contributed by atoms with Gasteiger partial charge in [0.2, 0.25) is 0 Å². The highest BCUT2D eigenvalue weighted by Crippen LogP contribution is 2.28. The largest absolute Gasteiger partial charge is 0.494 e. The molecule has 0 unspecified atom stereocenters. The van der Waals surface area contributed by atoms with Crippen LogP contribution >= 0.6 is 0 Å². The quantitative estimate of drug-likeness (QED) is 0.805. The zero-order valence-corrected chi connectivity index (χ0v) is 11.5. The Morgan fingerprint density at radius 1 is 1.00 bits per heavy atom. The van der Waals surface area contributed by atoms with Gasteiger partial charge in [0.1, 0.15) is 5.75 Å². The molecule has 0 N–H and O–H groups in total.